The summed E-state index contributed by atoms with van der Waals surface area (Å²) in [7, 11) is -2.58. The van der Waals surface area contributed by atoms with E-state index in [0.717, 1.165) is 17.1 Å². The Balaban J connectivity index is 2.02. The van der Waals surface area contributed by atoms with Crippen LogP contribution in [0.2, 0.25) is 5.02 Å². The smallest absolute Gasteiger partial charge is 0.326 e. The van der Waals surface area contributed by atoms with Gasteiger partial charge >= 0.3 is 5.97 Å². The number of carboxylic acid groups (broad SMARTS) is 1. The zero-order valence-corrected chi connectivity index (χ0v) is 14.0. The van der Waals surface area contributed by atoms with E-state index in [-0.39, 0.29) is 10.8 Å². The molecule has 2 N–H and O–H groups in total. The van der Waals surface area contributed by atoms with Gasteiger partial charge in [0.1, 0.15) is 6.04 Å². The van der Waals surface area contributed by atoms with Crippen LogP contribution in [-0.2, 0) is 19.6 Å². The number of hydrogen-bond donors (Lipinski definition) is 2. The van der Waals surface area contributed by atoms with Gasteiger partial charge in [0.05, 0.1) is 11.4 Å². The second-order valence-corrected chi connectivity index (χ2v) is 7.92. The van der Waals surface area contributed by atoms with Gasteiger partial charge in [-0.3, -0.25) is 4.79 Å². The van der Waals surface area contributed by atoms with Gasteiger partial charge in [0, 0.05) is 12.1 Å². The van der Waals surface area contributed by atoms with Gasteiger partial charge in [-0.25, -0.2) is 13.2 Å². The number of carbonyl (C=O) groups excluding carboxylic acids is 1. The summed E-state index contributed by atoms with van der Waals surface area (Å²) in [5, 5.41) is 11.8. The summed E-state index contributed by atoms with van der Waals surface area (Å²) >= 11 is 5.72. The molecule has 0 aromatic heterocycles. The van der Waals surface area contributed by atoms with Gasteiger partial charge in [0.2, 0.25) is 15.9 Å². The molecule has 7 nitrogen and oxygen atoms in total. The van der Waals surface area contributed by atoms with Crippen LogP contribution in [0.4, 0.5) is 0 Å². The highest BCUT2D eigenvalue weighted by Crippen LogP contribution is 2.32. The largest absolute Gasteiger partial charge is 0.480 e. The molecule has 1 saturated carbocycles. The van der Waals surface area contributed by atoms with Gasteiger partial charge < -0.3 is 10.4 Å². The van der Waals surface area contributed by atoms with E-state index in [2.05, 4.69) is 5.32 Å². The average Bonchev–Trinajstić information content (AvgIpc) is 3.29. The third kappa shape index (κ3) is 4.43. The maximum atomic E-state index is 12.3. The van der Waals surface area contributed by atoms with Crippen LogP contribution in [-0.4, -0.2) is 49.3 Å². The number of halogens is 1. The molecule has 1 aromatic rings. The van der Waals surface area contributed by atoms with Crippen molar-refractivity contribution < 1.29 is 23.1 Å². The van der Waals surface area contributed by atoms with Crippen LogP contribution in [0.15, 0.2) is 29.2 Å². The lowest BCUT2D eigenvalue weighted by molar-refractivity contribution is -0.142. The molecule has 0 heterocycles. The third-order valence-electron chi connectivity index (χ3n) is 3.56. The SMILES string of the molecule is CN(CC(=O)NC(C(=O)O)C1CC1)S(=O)(=O)c1ccc(Cl)cc1. The molecule has 0 spiro atoms. The van der Waals surface area contributed by atoms with Crippen molar-refractivity contribution >= 4 is 33.5 Å². The van der Waals surface area contributed by atoms with Crippen LogP contribution in [0.25, 0.3) is 0 Å². The number of sulfonamides is 1. The summed E-state index contributed by atoms with van der Waals surface area (Å²) < 4.78 is 25.5. The number of rotatable bonds is 7. The standard InChI is InChI=1S/C14H17ClN2O5S/c1-17(23(21,22)11-6-4-10(15)5-7-11)8-12(18)16-13(14(19)20)9-2-3-9/h4-7,9,13H,2-3,8H2,1H3,(H,16,18)(H,19,20). The lowest BCUT2D eigenvalue weighted by Gasteiger charge is -2.19. The summed E-state index contributed by atoms with van der Waals surface area (Å²) in [6.07, 6.45) is 1.49. The number of carbonyl (C=O) groups is 2. The van der Waals surface area contributed by atoms with Crippen molar-refractivity contribution in [1.29, 1.82) is 0 Å². The van der Waals surface area contributed by atoms with Gasteiger partial charge in [-0.1, -0.05) is 11.6 Å². The Morgan fingerprint density at radius 1 is 1.35 bits per heavy atom. The Morgan fingerprint density at radius 3 is 2.39 bits per heavy atom. The average molecular weight is 361 g/mol. The topological polar surface area (TPSA) is 104 Å². The molecule has 1 aromatic carbocycles. The molecule has 0 saturated heterocycles. The maximum Gasteiger partial charge on any atom is 0.326 e. The maximum absolute atomic E-state index is 12.3. The van der Waals surface area contributed by atoms with E-state index in [9.17, 15) is 18.0 Å². The number of amides is 1. The molecule has 1 fully saturated rings. The molecule has 126 valence electrons. The van der Waals surface area contributed by atoms with Crippen molar-refractivity contribution in [3.8, 4) is 0 Å². The number of benzene rings is 1. The zero-order chi connectivity index (χ0) is 17.2. The first-order valence-electron chi connectivity index (χ1n) is 6.96. The number of nitrogens with one attached hydrogen (secondary N) is 1. The molecular formula is C14H17ClN2O5S. The molecule has 9 heteroatoms. The minimum atomic E-state index is -3.85. The summed E-state index contributed by atoms with van der Waals surface area (Å²) in [5.41, 5.74) is 0. The Labute approximate surface area is 139 Å². The Kier molecular flexibility index (Phi) is 5.28. The summed E-state index contributed by atoms with van der Waals surface area (Å²) in [4.78, 5) is 23.0. The van der Waals surface area contributed by atoms with Gasteiger partial charge in [0.25, 0.3) is 0 Å². The van der Waals surface area contributed by atoms with Gasteiger partial charge in [-0.15, -0.1) is 0 Å². The van der Waals surface area contributed by atoms with Gasteiger partial charge in [-0.05, 0) is 43.0 Å². The fourth-order valence-corrected chi connectivity index (χ4v) is 3.36. The first kappa shape index (κ1) is 17.7. The highest BCUT2D eigenvalue weighted by Gasteiger charge is 2.37. The minimum Gasteiger partial charge on any atom is -0.480 e. The van der Waals surface area contributed by atoms with Crippen molar-refractivity contribution in [3.63, 3.8) is 0 Å². The molecule has 1 amide bonds. The normalized spacial score (nSPS) is 16.1. The van der Waals surface area contributed by atoms with Crippen LogP contribution >= 0.6 is 11.6 Å². The lowest BCUT2D eigenvalue weighted by Crippen LogP contribution is -2.47. The molecule has 1 unspecified atom stereocenters. The summed E-state index contributed by atoms with van der Waals surface area (Å²) in [6.45, 7) is -0.457. The number of aliphatic carboxylic acids is 1. The molecule has 0 aliphatic heterocycles. The van der Waals surface area contributed by atoms with Crippen LogP contribution < -0.4 is 5.32 Å². The molecule has 0 radical (unpaired) electrons. The first-order valence-corrected chi connectivity index (χ1v) is 8.77. The molecule has 2 rings (SSSR count). The van der Waals surface area contributed by atoms with Crippen molar-refractivity contribution in [1.82, 2.24) is 9.62 Å². The van der Waals surface area contributed by atoms with Crippen molar-refractivity contribution in [3.05, 3.63) is 29.3 Å². The van der Waals surface area contributed by atoms with Gasteiger partial charge in [-0.2, -0.15) is 4.31 Å². The van der Waals surface area contributed by atoms with Crippen LogP contribution in [0.1, 0.15) is 12.8 Å². The highest BCUT2D eigenvalue weighted by atomic mass is 35.5. The highest BCUT2D eigenvalue weighted by molar-refractivity contribution is 7.89. The Hall–Kier alpha value is -1.64. The predicted molar refractivity (Wildman–Crippen MR) is 83.6 cm³/mol. The minimum absolute atomic E-state index is 0.00850. The Bertz CT molecular complexity index is 700. The molecule has 1 aliphatic rings. The predicted octanol–water partition coefficient (Wildman–Crippen LogP) is 0.940. The molecule has 1 atom stereocenters. The number of nitrogens with zero attached hydrogens (tertiary/aromatic N) is 1. The zero-order valence-electron chi connectivity index (χ0n) is 12.4. The van der Waals surface area contributed by atoms with E-state index in [1.807, 2.05) is 0 Å². The number of hydrogen-bond acceptors (Lipinski definition) is 4. The quantitative estimate of drug-likeness (QED) is 0.753. The van der Waals surface area contributed by atoms with Crippen molar-refractivity contribution in [2.24, 2.45) is 5.92 Å². The van der Waals surface area contributed by atoms with E-state index in [0.29, 0.717) is 5.02 Å². The molecule has 1 aliphatic carbocycles. The molecule has 0 bridgehead atoms. The summed E-state index contributed by atoms with van der Waals surface area (Å²) in [6, 6.07) is 4.60. The van der Waals surface area contributed by atoms with E-state index in [1.54, 1.807) is 0 Å². The van der Waals surface area contributed by atoms with E-state index >= 15 is 0 Å². The van der Waals surface area contributed by atoms with Gasteiger partial charge in [0.15, 0.2) is 0 Å². The Morgan fingerprint density at radius 2 is 1.91 bits per heavy atom. The van der Waals surface area contributed by atoms with Crippen LogP contribution in [0.5, 0.6) is 0 Å². The van der Waals surface area contributed by atoms with Crippen molar-refractivity contribution in [2.75, 3.05) is 13.6 Å². The molecular weight excluding hydrogens is 344 g/mol. The lowest BCUT2D eigenvalue weighted by atomic mass is 10.2. The first-order chi connectivity index (χ1) is 10.7. The number of likely N-dealkylation sites (N-methyl/N-ethyl adjacent to an activating group) is 1. The monoisotopic (exact) mass is 360 g/mol. The summed E-state index contributed by atoms with van der Waals surface area (Å²) in [5.74, 6) is -1.83. The third-order valence-corrected chi connectivity index (χ3v) is 5.63. The molecule has 23 heavy (non-hydrogen) atoms. The second kappa shape index (κ2) is 6.86. The fraction of sp³-hybridized carbons (Fsp3) is 0.429. The second-order valence-electron chi connectivity index (χ2n) is 5.44. The fourth-order valence-electron chi connectivity index (χ4n) is 2.10. The van der Waals surface area contributed by atoms with E-state index in [1.165, 1.54) is 31.3 Å². The van der Waals surface area contributed by atoms with E-state index < -0.39 is 34.5 Å². The van der Waals surface area contributed by atoms with Crippen LogP contribution in [0.3, 0.4) is 0 Å². The van der Waals surface area contributed by atoms with E-state index in [4.69, 9.17) is 16.7 Å². The number of carboxylic acids is 1. The van der Waals surface area contributed by atoms with Crippen LogP contribution in [0, 0.1) is 5.92 Å². The van der Waals surface area contributed by atoms with Crippen molar-refractivity contribution in [2.45, 2.75) is 23.8 Å².